The summed E-state index contributed by atoms with van der Waals surface area (Å²) in [5, 5.41) is 9.06. The zero-order valence-corrected chi connectivity index (χ0v) is 7.61. The van der Waals surface area contributed by atoms with Gasteiger partial charge in [0.1, 0.15) is 5.82 Å². The predicted molar refractivity (Wildman–Crippen MR) is 49.7 cm³/mol. The SMILES string of the molecule is Cn1ccnc1NCc1n[nH]c(=O)[nH]1. The minimum atomic E-state index is -0.304. The Balaban J connectivity index is 2.01. The Labute approximate surface area is 79.2 Å². The second-order valence-corrected chi connectivity index (χ2v) is 2.84. The normalized spacial score (nSPS) is 10.4. The van der Waals surface area contributed by atoms with E-state index in [-0.39, 0.29) is 5.69 Å². The lowest BCUT2D eigenvalue weighted by molar-refractivity contribution is 0.877. The Morgan fingerprint density at radius 1 is 1.64 bits per heavy atom. The van der Waals surface area contributed by atoms with Gasteiger partial charge in [-0.2, -0.15) is 5.10 Å². The summed E-state index contributed by atoms with van der Waals surface area (Å²) in [6.07, 6.45) is 3.52. The van der Waals surface area contributed by atoms with Crippen LogP contribution in [0.2, 0.25) is 0 Å². The lowest BCUT2D eigenvalue weighted by Crippen LogP contribution is -2.07. The lowest BCUT2D eigenvalue weighted by atomic mass is 10.6. The van der Waals surface area contributed by atoms with Crippen molar-refractivity contribution in [3.63, 3.8) is 0 Å². The van der Waals surface area contributed by atoms with Crippen molar-refractivity contribution in [1.29, 1.82) is 0 Å². The van der Waals surface area contributed by atoms with E-state index in [0.717, 1.165) is 5.95 Å². The van der Waals surface area contributed by atoms with Crippen LogP contribution in [0.1, 0.15) is 5.82 Å². The van der Waals surface area contributed by atoms with Gasteiger partial charge in [0.05, 0.1) is 6.54 Å². The minimum absolute atomic E-state index is 0.304. The average Bonchev–Trinajstić information content (AvgIpc) is 2.72. The molecule has 7 heteroatoms. The van der Waals surface area contributed by atoms with Crippen molar-refractivity contribution in [3.05, 3.63) is 28.7 Å². The summed E-state index contributed by atoms with van der Waals surface area (Å²) in [4.78, 5) is 17.3. The predicted octanol–water partition coefficient (Wildman–Crippen LogP) is -0.556. The average molecular weight is 194 g/mol. The van der Waals surface area contributed by atoms with Gasteiger partial charge >= 0.3 is 5.69 Å². The van der Waals surface area contributed by atoms with Crippen molar-refractivity contribution in [2.45, 2.75) is 6.54 Å². The first-order valence-electron chi connectivity index (χ1n) is 4.10. The summed E-state index contributed by atoms with van der Waals surface area (Å²) in [5.74, 6) is 1.28. The number of imidazole rings is 1. The van der Waals surface area contributed by atoms with E-state index in [1.807, 2.05) is 17.8 Å². The van der Waals surface area contributed by atoms with Crippen LogP contribution in [-0.2, 0) is 13.6 Å². The molecule has 7 nitrogen and oxygen atoms in total. The zero-order valence-electron chi connectivity index (χ0n) is 7.61. The van der Waals surface area contributed by atoms with Crippen molar-refractivity contribution in [3.8, 4) is 0 Å². The van der Waals surface area contributed by atoms with Gasteiger partial charge in [0, 0.05) is 19.4 Å². The third kappa shape index (κ3) is 1.65. The number of aryl methyl sites for hydroxylation is 1. The molecule has 0 bridgehead atoms. The van der Waals surface area contributed by atoms with Gasteiger partial charge in [0.25, 0.3) is 0 Å². The van der Waals surface area contributed by atoms with Crippen LogP contribution < -0.4 is 11.0 Å². The maximum atomic E-state index is 10.7. The molecule has 0 aliphatic rings. The minimum Gasteiger partial charge on any atom is -0.348 e. The number of aromatic amines is 2. The maximum absolute atomic E-state index is 10.7. The molecule has 0 fully saturated rings. The highest BCUT2D eigenvalue weighted by molar-refractivity contribution is 5.25. The number of nitrogens with zero attached hydrogens (tertiary/aromatic N) is 3. The molecule has 2 aromatic heterocycles. The third-order valence-electron chi connectivity index (χ3n) is 1.79. The van der Waals surface area contributed by atoms with Crippen LogP contribution in [0.4, 0.5) is 5.95 Å². The summed E-state index contributed by atoms with van der Waals surface area (Å²) >= 11 is 0. The van der Waals surface area contributed by atoms with Gasteiger partial charge in [-0.15, -0.1) is 0 Å². The van der Waals surface area contributed by atoms with Crippen molar-refractivity contribution >= 4 is 5.95 Å². The van der Waals surface area contributed by atoms with Crippen molar-refractivity contribution in [2.75, 3.05) is 5.32 Å². The monoisotopic (exact) mass is 194 g/mol. The summed E-state index contributed by atoms with van der Waals surface area (Å²) in [6, 6.07) is 0. The van der Waals surface area contributed by atoms with Gasteiger partial charge in [-0.1, -0.05) is 0 Å². The highest BCUT2D eigenvalue weighted by atomic mass is 16.1. The highest BCUT2D eigenvalue weighted by Crippen LogP contribution is 2.01. The summed E-state index contributed by atoms with van der Waals surface area (Å²) in [5.41, 5.74) is -0.304. The van der Waals surface area contributed by atoms with Crippen LogP contribution in [-0.4, -0.2) is 24.7 Å². The molecule has 74 valence electrons. The standard InChI is InChI=1S/C7H10N6O/c1-13-3-2-8-6(13)9-4-5-10-7(14)12-11-5/h2-3H,4H2,1H3,(H,8,9)(H2,10,11,12,14). The number of aromatic nitrogens is 5. The van der Waals surface area contributed by atoms with Gasteiger partial charge in [-0.05, 0) is 0 Å². The molecule has 0 saturated carbocycles. The Kier molecular flexibility index (Phi) is 2.05. The van der Waals surface area contributed by atoms with Crippen molar-refractivity contribution < 1.29 is 0 Å². The van der Waals surface area contributed by atoms with Gasteiger partial charge in [-0.3, -0.25) is 4.98 Å². The Morgan fingerprint density at radius 3 is 3.07 bits per heavy atom. The molecule has 0 unspecified atom stereocenters. The van der Waals surface area contributed by atoms with Crippen molar-refractivity contribution in [2.24, 2.45) is 7.05 Å². The van der Waals surface area contributed by atoms with Crippen LogP contribution in [0.15, 0.2) is 17.2 Å². The van der Waals surface area contributed by atoms with E-state index in [4.69, 9.17) is 0 Å². The zero-order chi connectivity index (χ0) is 9.97. The Morgan fingerprint density at radius 2 is 2.50 bits per heavy atom. The number of rotatable bonds is 3. The summed E-state index contributed by atoms with van der Waals surface area (Å²) in [6.45, 7) is 0.434. The molecule has 3 N–H and O–H groups in total. The van der Waals surface area contributed by atoms with Crippen LogP contribution in [0.3, 0.4) is 0 Å². The Bertz CT molecular complexity index is 466. The van der Waals surface area contributed by atoms with E-state index in [9.17, 15) is 4.79 Å². The highest BCUT2D eigenvalue weighted by Gasteiger charge is 2.00. The first kappa shape index (κ1) is 8.54. The molecule has 0 amide bonds. The molecule has 0 spiro atoms. The van der Waals surface area contributed by atoms with E-state index in [1.165, 1.54) is 0 Å². The van der Waals surface area contributed by atoms with Crippen molar-refractivity contribution in [1.82, 2.24) is 24.7 Å². The van der Waals surface area contributed by atoms with E-state index < -0.39 is 0 Å². The Hall–Kier alpha value is -2.05. The topological polar surface area (TPSA) is 91.4 Å². The number of H-pyrrole nitrogens is 2. The van der Waals surface area contributed by atoms with E-state index in [0.29, 0.717) is 12.4 Å². The molecule has 0 aromatic carbocycles. The lowest BCUT2D eigenvalue weighted by Gasteiger charge is -2.02. The van der Waals surface area contributed by atoms with Crippen LogP contribution in [0, 0.1) is 0 Å². The summed E-state index contributed by atoms with van der Waals surface area (Å²) < 4.78 is 1.84. The number of hydrogen-bond acceptors (Lipinski definition) is 4. The quantitative estimate of drug-likeness (QED) is 0.611. The molecule has 0 atom stereocenters. The second kappa shape index (κ2) is 3.36. The number of nitrogens with one attached hydrogen (secondary N) is 3. The number of anilines is 1. The summed E-state index contributed by atoms with van der Waals surface area (Å²) in [7, 11) is 1.88. The molecule has 0 saturated heterocycles. The molecular weight excluding hydrogens is 184 g/mol. The van der Waals surface area contributed by atoms with Gasteiger partial charge in [-0.25, -0.2) is 14.9 Å². The molecule has 0 aliphatic heterocycles. The first-order valence-corrected chi connectivity index (χ1v) is 4.10. The molecule has 0 aliphatic carbocycles. The molecule has 0 radical (unpaired) electrons. The van der Waals surface area contributed by atoms with Gasteiger partial charge in [0.15, 0.2) is 0 Å². The fraction of sp³-hybridized carbons (Fsp3) is 0.286. The molecule has 2 heterocycles. The van der Waals surface area contributed by atoms with E-state index in [1.54, 1.807) is 6.20 Å². The molecule has 14 heavy (non-hydrogen) atoms. The van der Waals surface area contributed by atoms with E-state index in [2.05, 4.69) is 25.5 Å². The molecular formula is C7H10N6O. The van der Waals surface area contributed by atoms with E-state index >= 15 is 0 Å². The number of hydrogen-bond donors (Lipinski definition) is 3. The fourth-order valence-electron chi connectivity index (χ4n) is 1.09. The van der Waals surface area contributed by atoms with Gasteiger partial charge in [0.2, 0.25) is 5.95 Å². The molecule has 2 rings (SSSR count). The first-order chi connectivity index (χ1) is 6.75. The second-order valence-electron chi connectivity index (χ2n) is 2.84. The van der Waals surface area contributed by atoms with Gasteiger partial charge < -0.3 is 9.88 Å². The maximum Gasteiger partial charge on any atom is 0.340 e. The van der Waals surface area contributed by atoms with Crippen LogP contribution in [0.5, 0.6) is 0 Å². The molecule has 2 aromatic rings. The largest absolute Gasteiger partial charge is 0.348 e. The fourth-order valence-corrected chi connectivity index (χ4v) is 1.09. The third-order valence-corrected chi connectivity index (χ3v) is 1.79. The van der Waals surface area contributed by atoms with Crippen LogP contribution >= 0.6 is 0 Å². The van der Waals surface area contributed by atoms with Crippen LogP contribution in [0.25, 0.3) is 0 Å². The smallest absolute Gasteiger partial charge is 0.340 e.